The van der Waals surface area contributed by atoms with Gasteiger partial charge in [0.05, 0.1) is 15.6 Å². The van der Waals surface area contributed by atoms with Gasteiger partial charge in [-0.2, -0.15) is 0 Å². The molecule has 1 atom stereocenters. The van der Waals surface area contributed by atoms with Gasteiger partial charge in [-0.25, -0.2) is 4.39 Å². The molecule has 1 aliphatic rings. The highest BCUT2D eigenvalue weighted by Gasteiger charge is 2.29. The van der Waals surface area contributed by atoms with Crippen LogP contribution >= 0.6 is 23.2 Å². The van der Waals surface area contributed by atoms with Crippen molar-refractivity contribution in [3.8, 4) is 0 Å². The summed E-state index contributed by atoms with van der Waals surface area (Å²) in [4.78, 5) is 14.6. The van der Waals surface area contributed by atoms with E-state index in [0.717, 1.165) is 25.6 Å². The van der Waals surface area contributed by atoms with Crippen LogP contribution in [0.25, 0.3) is 0 Å². The number of hydrogen-bond donors (Lipinski definition) is 1. The summed E-state index contributed by atoms with van der Waals surface area (Å²) in [5.41, 5.74) is 0.260. The third kappa shape index (κ3) is 3.87. The van der Waals surface area contributed by atoms with Crippen molar-refractivity contribution in [1.82, 2.24) is 10.2 Å². The van der Waals surface area contributed by atoms with Gasteiger partial charge in [-0.15, -0.1) is 0 Å². The second-order valence-corrected chi connectivity index (χ2v) is 6.56. The number of halogens is 3. The van der Waals surface area contributed by atoms with Gasteiger partial charge in [0.1, 0.15) is 5.82 Å². The largest absolute Gasteiger partial charge is 0.334 e. The maximum absolute atomic E-state index is 13.4. The molecule has 1 aromatic rings. The van der Waals surface area contributed by atoms with Gasteiger partial charge in [-0.05, 0) is 31.0 Å². The molecule has 1 amide bonds. The monoisotopic (exact) mass is 332 g/mol. The molecule has 1 aliphatic heterocycles. The van der Waals surface area contributed by atoms with Crippen molar-refractivity contribution < 1.29 is 9.18 Å². The van der Waals surface area contributed by atoms with E-state index in [1.165, 1.54) is 6.07 Å². The maximum Gasteiger partial charge on any atom is 0.255 e. The van der Waals surface area contributed by atoms with Crippen molar-refractivity contribution in [2.24, 2.45) is 5.92 Å². The van der Waals surface area contributed by atoms with E-state index in [9.17, 15) is 9.18 Å². The number of carbonyl (C=O) groups excluding carboxylic acids is 1. The molecule has 3 nitrogen and oxygen atoms in total. The fraction of sp³-hybridized carbons (Fsp3) is 0.533. The summed E-state index contributed by atoms with van der Waals surface area (Å²) < 4.78 is 13.4. The van der Waals surface area contributed by atoms with E-state index in [0.29, 0.717) is 12.5 Å². The van der Waals surface area contributed by atoms with Crippen molar-refractivity contribution in [3.63, 3.8) is 0 Å². The number of rotatable bonds is 4. The van der Waals surface area contributed by atoms with Gasteiger partial charge in [-0.1, -0.05) is 37.0 Å². The number of amides is 1. The molecule has 0 aliphatic carbocycles. The molecular formula is C15H19Cl2FN2O. The van der Waals surface area contributed by atoms with Crippen LogP contribution in [0.3, 0.4) is 0 Å². The Labute approximate surface area is 134 Å². The summed E-state index contributed by atoms with van der Waals surface area (Å²) >= 11 is 11.8. The lowest BCUT2D eigenvalue weighted by atomic mass is 10.1. The molecule has 0 spiro atoms. The molecule has 6 heteroatoms. The van der Waals surface area contributed by atoms with Crippen LogP contribution < -0.4 is 5.32 Å². The zero-order chi connectivity index (χ0) is 15.6. The van der Waals surface area contributed by atoms with Crippen molar-refractivity contribution >= 4 is 29.1 Å². The van der Waals surface area contributed by atoms with E-state index in [1.807, 2.05) is 4.90 Å². The molecule has 1 fully saturated rings. The molecule has 2 rings (SSSR count). The van der Waals surface area contributed by atoms with Crippen LogP contribution in [-0.2, 0) is 0 Å². The number of benzene rings is 1. The fourth-order valence-corrected chi connectivity index (χ4v) is 2.93. The molecule has 1 saturated heterocycles. The van der Waals surface area contributed by atoms with Gasteiger partial charge in [0.2, 0.25) is 0 Å². The molecule has 0 bridgehead atoms. The van der Waals surface area contributed by atoms with Crippen LogP contribution in [0.5, 0.6) is 0 Å². The zero-order valence-electron chi connectivity index (χ0n) is 12.1. The minimum atomic E-state index is -0.615. The van der Waals surface area contributed by atoms with Gasteiger partial charge in [-0.3, -0.25) is 4.79 Å². The zero-order valence-corrected chi connectivity index (χ0v) is 13.6. The normalized spacial score (nSPS) is 18.3. The molecule has 21 heavy (non-hydrogen) atoms. The lowest BCUT2D eigenvalue weighted by Crippen LogP contribution is -2.43. The Kier molecular flexibility index (Phi) is 5.47. The maximum atomic E-state index is 13.4. The van der Waals surface area contributed by atoms with E-state index in [2.05, 4.69) is 19.2 Å². The lowest BCUT2D eigenvalue weighted by molar-refractivity contribution is 0.0667. The molecule has 0 radical (unpaired) electrons. The molecule has 0 saturated carbocycles. The summed E-state index contributed by atoms with van der Waals surface area (Å²) in [7, 11) is 0. The number of hydrogen-bond acceptors (Lipinski definition) is 2. The molecule has 1 unspecified atom stereocenters. The van der Waals surface area contributed by atoms with Gasteiger partial charge < -0.3 is 10.2 Å². The van der Waals surface area contributed by atoms with E-state index < -0.39 is 5.82 Å². The average molecular weight is 333 g/mol. The fourth-order valence-electron chi connectivity index (χ4n) is 2.54. The predicted octanol–water partition coefficient (Wildman–Crippen LogP) is 3.59. The lowest BCUT2D eigenvalue weighted by Gasteiger charge is -2.30. The second kappa shape index (κ2) is 6.95. The highest BCUT2D eigenvalue weighted by Crippen LogP contribution is 2.26. The Balaban J connectivity index is 2.31. The van der Waals surface area contributed by atoms with Gasteiger partial charge in [0.15, 0.2) is 0 Å². The average Bonchev–Trinajstić information content (AvgIpc) is 2.93. The Morgan fingerprint density at radius 3 is 2.71 bits per heavy atom. The van der Waals surface area contributed by atoms with E-state index in [1.54, 1.807) is 0 Å². The number of nitrogens with one attached hydrogen (secondary N) is 1. The third-order valence-corrected chi connectivity index (χ3v) is 4.14. The summed E-state index contributed by atoms with van der Waals surface area (Å²) in [6.07, 6.45) is 0.908. The highest BCUT2D eigenvalue weighted by molar-refractivity contribution is 6.35. The smallest absolute Gasteiger partial charge is 0.255 e. The molecule has 1 N–H and O–H groups in total. The van der Waals surface area contributed by atoms with E-state index in [4.69, 9.17) is 23.2 Å². The molecule has 116 valence electrons. The van der Waals surface area contributed by atoms with Crippen molar-refractivity contribution in [2.45, 2.75) is 26.3 Å². The summed E-state index contributed by atoms with van der Waals surface area (Å²) in [6, 6.07) is 2.55. The van der Waals surface area contributed by atoms with Crippen molar-refractivity contribution in [2.75, 3.05) is 19.6 Å². The molecular weight excluding hydrogens is 314 g/mol. The Morgan fingerprint density at radius 2 is 2.14 bits per heavy atom. The van der Waals surface area contributed by atoms with Gasteiger partial charge >= 0.3 is 0 Å². The topological polar surface area (TPSA) is 32.3 Å². The first kappa shape index (κ1) is 16.5. The van der Waals surface area contributed by atoms with Crippen LogP contribution in [0.2, 0.25) is 10.0 Å². The summed E-state index contributed by atoms with van der Waals surface area (Å²) in [6.45, 7) is 6.41. The van der Waals surface area contributed by atoms with Crippen LogP contribution in [-0.4, -0.2) is 36.5 Å². The first-order valence-electron chi connectivity index (χ1n) is 7.06. The Morgan fingerprint density at radius 1 is 1.43 bits per heavy atom. The van der Waals surface area contributed by atoms with Crippen LogP contribution in [0.15, 0.2) is 12.1 Å². The molecule has 1 heterocycles. The van der Waals surface area contributed by atoms with Gasteiger partial charge in [0, 0.05) is 19.1 Å². The first-order valence-corrected chi connectivity index (χ1v) is 7.82. The second-order valence-electron chi connectivity index (χ2n) is 5.74. The van der Waals surface area contributed by atoms with Crippen LogP contribution in [0, 0.1) is 11.7 Å². The summed E-state index contributed by atoms with van der Waals surface area (Å²) in [5, 5.41) is 3.27. The third-order valence-electron chi connectivity index (χ3n) is 3.54. The number of nitrogens with zero attached hydrogens (tertiary/aromatic N) is 1. The Hall–Kier alpha value is -0.840. The highest BCUT2D eigenvalue weighted by atomic mass is 35.5. The quantitative estimate of drug-likeness (QED) is 0.854. The summed E-state index contributed by atoms with van der Waals surface area (Å²) in [5.74, 6) is -0.468. The van der Waals surface area contributed by atoms with Gasteiger partial charge in [0.25, 0.3) is 5.91 Å². The SMILES string of the molecule is CC(C)CN(C(=O)c1cc(Cl)c(F)cc1Cl)C1CCNC1. The van der Waals surface area contributed by atoms with Crippen molar-refractivity contribution in [1.29, 1.82) is 0 Å². The number of carbonyl (C=O) groups is 1. The van der Waals surface area contributed by atoms with E-state index in [-0.39, 0.29) is 27.6 Å². The molecule has 1 aromatic carbocycles. The predicted molar refractivity (Wildman–Crippen MR) is 83.6 cm³/mol. The van der Waals surface area contributed by atoms with Crippen LogP contribution in [0.1, 0.15) is 30.6 Å². The van der Waals surface area contributed by atoms with Crippen LogP contribution in [0.4, 0.5) is 4.39 Å². The van der Waals surface area contributed by atoms with E-state index >= 15 is 0 Å². The Bertz CT molecular complexity index is 531. The molecule has 0 aromatic heterocycles. The minimum Gasteiger partial charge on any atom is -0.334 e. The first-order chi connectivity index (χ1) is 9.90. The van der Waals surface area contributed by atoms with Crippen molar-refractivity contribution in [3.05, 3.63) is 33.6 Å². The minimum absolute atomic E-state index is 0.0863. The standard InChI is InChI=1S/C15H19Cl2FN2O/c1-9(2)8-20(10-3-4-19-7-10)15(21)11-5-13(17)14(18)6-12(11)16/h5-6,9-10,19H,3-4,7-8H2,1-2H3.